The van der Waals surface area contributed by atoms with Crippen LogP contribution in [0.5, 0.6) is 0 Å². The number of nitrogens with two attached hydrogens (primary N) is 1. The van der Waals surface area contributed by atoms with Gasteiger partial charge in [0.2, 0.25) is 5.91 Å². The first-order valence-electron chi connectivity index (χ1n) is 6.80. The maximum Gasteiger partial charge on any atom is 0.325 e. The molecule has 1 fully saturated rings. The molecule has 1 aliphatic rings. The molecule has 1 aliphatic heterocycles. The molecular formula is C13H22N2O4S. The molecule has 0 aromatic carbocycles. The zero-order valence-electron chi connectivity index (χ0n) is 12.0. The van der Waals surface area contributed by atoms with Crippen LogP contribution < -0.4 is 5.73 Å². The highest BCUT2D eigenvalue weighted by Gasteiger charge is 2.45. The fourth-order valence-corrected chi connectivity index (χ4v) is 2.57. The molecule has 0 saturated carbocycles. The van der Waals surface area contributed by atoms with Crippen LogP contribution in [0.1, 0.15) is 26.7 Å². The SMILES string of the molecule is CCOC(=O)CN(CC)C(=O)C1(C(N)=S)CCOCC1. The predicted molar refractivity (Wildman–Crippen MR) is 78.2 cm³/mol. The van der Waals surface area contributed by atoms with Gasteiger partial charge in [0.1, 0.15) is 12.0 Å². The van der Waals surface area contributed by atoms with Gasteiger partial charge in [-0.2, -0.15) is 0 Å². The number of ether oxygens (including phenoxy) is 2. The Morgan fingerprint density at radius 1 is 1.35 bits per heavy atom. The Balaban J connectivity index is 2.86. The van der Waals surface area contributed by atoms with Crippen molar-refractivity contribution in [2.75, 3.05) is 32.9 Å². The summed E-state index contributed by atoms with van der Waals surface area (Å²) in [6.45, 7) is 5.05. The largest absolute Gasteiger partial charge is 0.465 e. The Bertz CT molecular complexity index is 381. The number of carbonyl (C=O) groups is 2. The highest BCUT2D eigenvalue weighted by Crippen LogP contribution is 2.33. The fourth-order valence-electron chi connectivity index (χ4n) is 2.28. The second kappa shape index (κ2) is 7.54. The van der Waals surface area contributed by atoms with Crippen LogP contribution in [0.2, 0.25) is 0 Å². The molecule has 1 amide bonds. The van der Waals surface area contributed by atoms with E-state index in [0.717, 1.165) is 0 Å². The van der Waals surface area contributed by atoms with E-state index in [9.17, 15) is 9.59 Å². The zero-order chi connectivity index (χ0) is 15.2. The van der Waals surface area contributed by atoms with Gasteiger partial charge in [-0.05, 0) is 26.7 Å². The van der Waals surface area contributed by atoms with Crippen LogP contribution in [-0.2, 0) is 19.1 Å². The average molecular weight is 302 g/mol. The van der Waals surface area contributed by atoms with Crippen LogP contribution in [0.4, 0.5) is 0 Å². The smallest absolute Gasteiger partial charge is 0.325 e. The number of rotatable bonds is 6. The second-order valence-electron chi connectivity index (χ2n) is 4.68. The Hall–Kier alpha value is -1.21. The van der Waals surface area contributed by atoms with Gasteiger partial charge in [0.25, 0.3) is 0 Å². The van der Waals surface area contributed by atoms with Gasteiger partial charge in [-0.25, -0.2) is 0 Å². The maximum atomic E-state index is 12.7. The van der Waals surface area contributed by atoms with Crippen molar-refractivity contribution in [1.29, 1.82) is 0 Å². The van der Waals surface area contributed by atoms with E-state index in [4.69, 9.17) is 27.4 Å². The number of carbonyl (C=O) groups excluding carboxylic acids is 2. The van der Waals surface area contributed by atoms with Crippen LogP contribution in [0.25, 0.3) is 0 Å². The number of amides is 1. The topological polar surface area (TPSA) is 81.9 Å². The highest BCUT2D eigenvalue weighted by atomic mass is 32.1. The van der Waals surface area contributed by atoms with Crippen LogP contribution >= 0.6 is 12.2 Å². The van der Waals surface area contributed by atoms with Crippen molar-refractivity contribution in [3.8, 4) is 0 Å². The number of nitrogens with zero attached hydrogens (tertiary/aromatic N) is 1. The molecule has 0 spiro atoms. The van der Waals surface area contributed by atoms with Gasteiger partial charge in [-0.3, -0.25) is 9.59 Å². The third-order valence-electron chi connectivity index (χ3n) is 3.52. The molecule has 0 bridgehead atoms. The molecule has 1 saturated heterocycles. The molecule has 7 heteroatoms. The van der Waals surface area contributed by atoms with Crippen molar-refractivity contribution in [2.24, 2.45) is 11.1 Å². The summed E-state index contributed by atoms with van der Waals surface area (Å²) in [5.74, 6) is -0.628. The van der Waals surface area contributed by atoms with E-state index in [-0.39, 0.29) is 17.4 Å². The lowest BCUT2D eigenvalue weighted by Crippen LogP contribution is -2.54. The molecule has 114 valence electrons. The van der Waals surface area contributed by atoms with Crippen LogP contribution in [0, 0.1) is 5.41 Å². The third-order valence-corrected chi connectivity index (χ3v) is 3.91. The summed E-state index contributed by atoms with van der Waals surface area (Å²) in [6.07, 6.45) is 0.918. The average Bonchev–Trinajstić information content (AvgIpc) is 2.44. The summed E-state index contributed by atoms with van der Waals surface area (Å²) in [5.41, 5.74) is 4.90. The molecule has 6 nitrogen and oxygen atoms in total. The Morgan fingerprint density at radius 2 is 1.95 bits per heavy atom. The van der Waals surface area contributed by atoms with Crippen LogP contribution in [-0.4, -0.2) is 54.7 Å². The van der Waals surface area contributed by atoms with Crippen molar-refractivity contribution < 1.29 is 19.1 Å². The molecule has 1 rings (SSSR count). The molecule has 0 radical (unpaired) electrons. The summed E-state index contributed by atoms with van der Waals surface area (Å²) in [7, 11) is 0. The normalized spacial score (nSPS) is 17.3. The number of hydrogen-bond donors (Lipinski definition) is 1. The molecule has 0 atom stereocenters. The lowest BCUT2D eigenvalue weighted by Gasteiger charge is -2.38. The van der Waals surface area contributed by atoms with Crippen molar-refractivity contribution in [3.63, 3.8) is 0 Å². The first-order chi connectivity index (χ1) is 9.47. The number of thiocarbonyl (C=S) groups is 1. The monoisotopic (exact) mass is 302 g/mol. The van der Waals surface area contributed by atoms with E-state index in [2.05, 4.69) is 0 Å². The number of hydrogen-bond acceptors (Lipinski definition) is 5. The first-order valence-corrected chi connectivity index (χ1v) is 7.21. The van der Waals surface area contributed by atoms with Gasteiger partial charge in [0.05, 0.1) is 11.6 Å². The molecule has 20 heavy (non-hydrogen) atoms. The van der Waals surface area contributed by atoms with Crippen molar-refractivity contribution >= 4 is 29.1 Å². The van der Waals surface area contributed by atoms with E-state index in [0.29, 0.717) is 39.2 Å². The summed E-state index contributed by atoms with van der Waals surface area (Å²) in [4.78, 5) is 25.9. The highest BCUT2D eigenvalue weighted by molar-refractivity contribution is 7.80. The van der Waals surface area contributed by atoms with Gasteiger partial charge in [0, 0.05) is 19.8 Å². The minimum Gasteiger partial charge on any atom is -0.465 e. The predicted octanol–water partition coefficient (Wildman–Crippen LogP) is 0.481. The molecule has 0 aromatic heterocycles. The van der Waals surface area contributed by atoms with E-state index < -0.39 is 11.4 Å². The van der Waals surface area contributed by atoms with Gasteiger partial charge in [0.15, 0.2) is 0 Å². The minimum atomic E-state index is -0.893. The van der Waals surface area contributed by atoms with Gasteiger partial charge >= 0.3 is 5.97 Å². The summed E-state index contributed by atoms with van der Waals surface area (Å²) < 4.78 is 10.2. The Labute approximate surface area is 124 Å². The quantitative estimate of drug-likeness (QED) is 0.568. The standard InChI is InChI=1S/C13H22N2O4S/c1-3-15(9-10(16)19-4-2)12(17)13(11(14)20)5-7-18-8-6-13/h3-9H2,1-2H3,(H2,14,20). The molecule has 0 aliphatic carbocycles. The van der Waals surface area contributed by atoms with Crippen LogP contribution in [0.3, 0.4) is 0 Å². The fraction of sp³-hybridized carbons (Fsp3) is 0.769. The molecule has 0 unspecified atom stereocenters. The zero-order valence-corrected chi connectivity index (χ0v) is 12.8. The first kappa shape index (κ1) is 16.8. The lowest BCUT2D eigenvalue weighted by molar-refractivity contribution is -0.152. The molecule has 1 heterocycles. The van der Waals surface area contributed by atoms with Crippen molar-refractivity contribution in [1.82, 2.24) is 4.90 Å². The summed E-state index contributed by atoms with van der Waals surface area (Å²) in [6, 6.07) is 0. The van der Waals surface area contributed by atoms with E-state index in [1.807, 2.05) is 6.92 Å². The summed E-state index contributed by atoms with van der Waals surface area (Å²) in [5, 5.41) is 0. The second-order valence-corrected chi connectivity index (χ2v) is 5.12. The van der Waals surface area contributed by atoms with E-state index in [1.54, 1.807) is 6.92 Å². The number of likely N-dealkylation sites (N-methyl/N-ethyl adjacent to an activating group) is 1. The van der Waals surface area contributed by atoms with Crippen molar-refractivity contribution in [2.45, 2.75) is 26.7 Å². The van der Waals surface area contributed by atoms with Crippen LogP contribution in [0.15, 0.2) is 0 Å². The molecular weight excluding hydrogens is 280 g/mol. The third kappa shape index (κ3) is 3.67. The van der Waals surface area contributed by atoms with Gasteiger partial charge in [-0.15, -0.1) is 0 Å². The summed E-state index contributed by atoms with van der Waals surface area (Å²) >= 11 is 5.09. The minimum absolute atomic E-state index is 0.0750. The molecule has 2 N–H and O–H groups in total. The maximum absolute atomic E-state index is 12.7. The Morgan fingerprint density at radius 3 is 2.40 bits per heavy atom. The number of esters is 1. The Kier molecular flexibility index (Phi) is 6.35. The van der Waals surface area contributed by atoms with E-state index in [1.165, 1.54) is 4.90 Å². The van der Waals surface area contributed by atoms with Crippen molar-refractivity contribution in [3.05, 3.63) is 0 Å². The van der Waals surface area contributed by atoms with Gasteiger partial charge < -0.3 is 20.1 Å². The van der Waals surface area contributed by atoms with E-state index >= 15 is 0 Å². The lowest BCUT2D eigenvalue weighted by atomic mass is 9.78. The molecule has 0 aromatic rings. The van der Waals surface area contributed by atoms with Gasteiger partial charge in [-0.1, -0.05) is 12.2 Å².